The van der Waals surface area contributed by atoms with Gasteiger partial charge in [0.1, 0.15) is 12.6 Å². The molecule has 0 spiro atoms. The SMILES string of the molecule is CCNC(=O)[C@H](C)N(Cc1ccc(Cl)cc1)C(=O)CN(c1ccc(I)cc1)S(C)(=O)=O. The zero-order valence-electron chi connectivity index (χ0n) is 17.5. The van der Waals surface area contributed by atoms with Crippen LogP contribution in [0.4, 0.5) is 5.69 Å². The molecule has 0 aliphatic carbocycles. The van der Waals surface area contributed by atoms with Crippen LogP contribution in [-0.2, 0) is 26.2 Å². The van der Waals surface area contributed by atoms with E-state index in [1.165, 1.54) is 4.90 Å². The van der Waals surface area contributed by atoms with Gasteiger partial charge in [0.15, 0.2) is 0 Å². The molecule has 0 fully saturated rings. The van der Waals surface area contributed by atoms with Crippen molar-refractivity contribution in [1.82, 2.24) is 10.2 Å². The molecule has 0 saturated carbocycles. The molecule has 168 valence electrons. The van der Waals surface area contributed by atoms with Crippen molar-refractivity contribution in [3.8, 4) is 0 Å². The molecule has 2 aromatic carbocycles. The number of likely N-dealkylation sites (N-methyl/N-ethyl adjacent to an activating group) is 1. The van der Waals surface area contributed by atoms with E-state index >= 15 is 0 Å². The highest BCUT2D eigenvalue weighted by Gasteiger charge is 2.29. The van der Waals surface area contributed by atoms with Crippen molar-refractivity contribution in [2.75, 3.05) is 23.7 Å². The number of amides is 2. The third-order valence-electron chi connectivity index (χ3n) is 4.58. The van der Waals surface area contributed by atoms with Gasteiger partial charge in [-0.2, -0.15) is 0 Å². The first-order valence-electron chi connectivity index (χ1n) is 9.57. The monoisotopic (exact) mass is 577 g/mol. The molecule has 0 bridgehead atoms. The molecule has 0 aromatic heterocycles. The van der Waals surface area contributed by atoms with Crippen molar-refractivity contribution in [3.63, 3.8) is 0 Å². The first-order valence-corrected chi connectivity index (χ1v) is 12.9. The number of hydrogen-bond donors (Lipinski definition) is 1. The van der Waals surface area contributed by atoms with Gasteiger partial charge in [0.2, 0.25) is 21.8 Å². The van der Waals surface area contributed by atoms with Crippen molar-refractivity contribution in [2.24, 2.45) is 0 Å². The molecule has 0 aliphatic rings. The van der Waals surface area contributed by atoms with Crippen LogP contribution < -0.4 is 9.62 Å². The predicted octanol–water partition coefficient (Wildman–Crippen LogP) is 3.26. The van der Waals surface area contributed by atoms with Gasteiger partial charge in [-0.25, -0.2) is 8.42 Å². The lowest BCUT2D eigenvalue weighted by Gasteiger charge is -2.31. The maximum absolute atomic E-state index is 13.3. The number of hydrogen-bond acceptors (Lipinski definition) is 4. The van der Waals surface area contributed by atoms with E-state index in [0.717, 1.165) is 19.7 Å². The molecule has 1 N–H and O–H groups in total. The molecule has 0 heterocycles. The van der Waals surface area contributed by atoms with Crippen molar-refractivity contribution in [3.05, 3.63) is 62.7 Å². The number of benzene rings is 2. The summed E-state index contributed by atoms with van der Waals surface area (Å²) in [6.45, 7) is 3.55. The van der Waals surface area contributed by atoms with E-state index in [0.29, 0.717) is 17.3 Å². The van der Waals surface area contributed by atoms with Crippen LogP contribution in [0.5, 0.6) is 0 Å². The molecular formula is C21H25ClIN3O4S. The van der Waals surface area contributed by atoms with Crippen LogP contribution in [-0.4, -0.2) is 50.5 Å². The topological polar surface area (TPSA) is 86.8 Å². The Balaban J connectivity index is 2.35. The molecule has 1 atom stereocenters. The quantitative estimate of drug-likeness (QED) is 0.464. The average Bonchev–Trinajstić information content (AvgIpc) is 2.71. The number of nitrogens with zero attached hydrogens (tertiary/aromatic N) is 2. The van der Waals surface area contributed by atoms with Gasteiger partial charge in [-0.1, -0.05) is 23.7 Å². The molecule has 0 radical (unpaired) electrons. The van der Waals surface area contributed by atoms with Crippen molar-refractivity contribution in [1.29, 1.82) is 0 Å². The van der Waals surface area contributed by atoms with E-state index in [1.807, 2.05) is 0 Å². The van der Waals surface area contributed by atoms with E-state index in [1.54, 1.807) is 62.4 Å². The Labute approximate surface area is 201 Å². The largest absolute Gasteiger partial charge is 0.355 e. The lowest BCUT2D eigenvalue weighted by molar-refractivity contribution is -0.139. The summed E-state index contributed by atoms with van der Waals surface area (Å²) in [5.41, 5.74) is 1.16. The first kappa shape index (κ1) is 25.4. The summed E-state index contributed by atoms with van der Waals surface area (Å²) in [4.78, 5) is 27.1. The molecule has 7 nitrogen and oxygen atoms in total. The number of sulfonamides is 1. The lowest BCUT2D eigenvalue weighted by atomic mass is 10.1. The Kier molecular flexibility index (Phi) is 9.14. The Morgan fingerprint density at radius 3 is 2.19 bits per heavy atom. The highest BCUT2D eigenvalue weighted by atomic mass is 127. The van der Waals surface area contributed by atoms with Crippen LogP contribution in [0.2, 0.25) is 5.02 Å². The van der Waals surface area contributed by atoms with Crippen LogP contribution >= 0.6 is 34.2 Å². The molecule has 10 heteroatoms. The summed E-state index contributed by atoms with van der Waals surface area (Å²) in [6, 6.07) is 13.0. The molecule has 2 amide bonds. The normalized spacial score (nSPS) is 12.2. The van der Waals surface area contributed by atoms with Gasteiger partial charge in [0.05, 0.1) is 11.9 Å². The summed E-state index contributed by atoms with van der Waals surface area (Å²) in [7, 11) is -3.73. The second-order valence-corrected chi connectivity index (χ2v) is 10.6. The standard InChI is InChI=1S/C21H25ClIN3O4S/c1-4-24-21(28)15(2)25(13-16-5-7-17(22)8-6-16)20(27)14-26(31(3,29)30)19-11-9-18(23)10-12-19/h5-12,15H,4,13-14H2,1-3H3,(H,24,28)/t15-/m0/s1. The van der Waals surface area contributed by atoms with Crippen LogP contribution in [0.15, 0.2) is 48.5 Å². The van der Waals surface area contributed by atoms with Gasteiger partial charge in [-0.3, -0.25) is 13.9 Å². The van der Waals surface area contributed by atoms with Crippen molar-refractivity contribution >= 4 is 61.7 Å². The molecule has 31 heavy (non-hydrogen) atoms. The van der Waals surface area contributed by atoms with E-state index in [4.69, 9.17) is 11.6 Å². The first-order chi connectivity index (χ1) is 14.5. The molecule has 0 unspecified atom stereocenters. The Hall–Kier alpha value is -1.85. The molecular weight excluding hydrogens is 553 g/mol. The highest BCUT2D eigenvalue weighted by molar-refractivity contribution is 14.1. The number of halogens is 2. The molecule has 0 aliphatic heterocycles. The zero-order valence-corrected chi connectivity index (χ0v) is 21.2. The minimum Gasteiger partial charge on any atom is -0.355 e. The Morgan fingerprint density at radius 2 is 1.68 bits per heavy atom. The highest BCUT2D eigenvalue weighted by Crippen LogP contribution is 2.20. The lowest BCUT2D eigenvalue weighted by Crippen LogP contribution is -2.51. The fourth-order valence-corrected chi connectivity index (χ4v) is 4.25. The molecule has 2 rings (SSSR count). The van der Waals surface area contributed by atoms with Crippen LogP contribution in [0.1, 0.15) is 19.4 Å². The summed E-state index contributed by atoms with van der Waals surface area (Å²) in [5.74, 6) is -0.803. The fourth-order valence-electron chi connectivity index (χ4n) is 2.91. The van der Waals surface area contributed by atoms with E-state index in [9.17, 15) is 18.0 Å². The zero-order chi connectivity index (χ0) is 23.2. The Morgan fingerprint density at radius 1 is 1.10 bits per heavy atom. The second kappa shape index (κ2) is 11.1. The minimum absolute atomic E-state index is 0.137. The van der Waals surface area contributed by atoms with Crippen LogP contribution in [0, 0.1) is 3.57 Å². The van der Waals surface area contributed by atoms with Crippen molar-refractivity contribution in [2.45, 2.75) is 26.4 Å². The fraction of sp³-hybridized carbons (Fsp3) is 0.333. The number of rotatable bonds is 9. The van der Waals surface area contributed by atoms with E-state index in [2.05, 4.69) is 27.9 Å². The van der Waals surface area contributed by atoms with Crippen LogP contribution in [0.25, 0.3) is 0 Å². The Bertz CT molecular complexity index is 1010. The third-order valence-corrected chi connectivity index (χ3v) is 6.69. The predicted molar refractivity (Wildman–Crippen MR) is 131 cm³/mol. The smallest absolute Gasteiger partial charge is 0.244 e. The maximum atomic E-state index is 13.3. The minimum atomic E-state index is -3.73. The van der Waals surface area contributed by atoms with E-state index in [-0.39, 0.29) is 12.5 Å². The number of anilines is 1. The summed E-state index contributed by atoms with van der Waals surface area (Å²) in [5, 5.41) is 3.27. The number of carbonyl (C=O) groups is 2. The average molecular weight is 578 g/mol. The molecule has 2 aromatic rings. The number of nitrogens with one attached hydrogen (secondary N) is 1. The summed E-state index contributed by atoms with van der Waals surface area (Å²) < 4.78 is 26.9. The summed E-state index contributed by atoms with van der Waals surface area (Å²) in [6.07, 6.45) is 1.05. The van der Waals surface area contributed by atoms with Gasteiger partial charge in [-0.15, -0.1) is 0 Å². The van der Waals surface area contributed by atoms with Gasteiger partial charge < -0.3 is 10.2 Å². The summed E-state index contributed by atoms with van der Waals surface area (Å²) >= 11 is 8.06. The molecule has 0 saturated heterocycles. The van der Waals surface area contributed by atoms with E-state index < -0.39 is 28.5 Å². The van der Waals surface area contributed by atoms with Gasteiger partial charge >= 0.3 is 0 Å². The van der Waals surface area contributed by atoms with Gasteiger partial charge in [0, 0.05) is 21.7 Å². The van der Waals surface area contributed by atoms with Gasteiger partial charge in [-0.05, 0) is 78.4 Å². The maximum Gasteiger partial charge on any atom is 0.244 e. The third kappa shape index (κ3) is 7.36. The second-order valence-electron chi connectivity index (χ2n) is 6.96. The van der Waals surface area contributed by atoms with Gasteiger partial charge in [0.25, 0.3) is 0 Å². The van der Waals surface area contributed by atoms with Crippen molar-refractivity contribution < 1.29 is 18.0 Å². The number of carbonyl (C=O) groups excluding carboxylic acids is 2. The van der Waals surface area contributed by atoms with Crippen LogP contribution in [0.3, 0.4) is 0 Å².